The van der Waals surface area contributed by atoms with Gasteiger partial charge in [0.05, 0.1) is 6.10 Å². The molecule has 2 N–H and O–H groups in total. The Morgan fingerprint density at radius 2 is 2.14 bits per heavy atom. The Labute approximate surface area is 125 Å². The fraction of sp³-hybridized carbons (Fsp3) is 0.667. The molecule has 114 valence electrons. The maximum Gasteiger partial charge on any atom is 0.115 e. The van der Waals surface area contributed by atoms with Gasteiger partial charge in [0.25, 0.3) is 0 Å². The van der Waals surface area contributed by atoms with Crippen LogP contribution >= 0.6 is 0 Å². The normalized spacial score (nSPS) is 44.8. The van der Waals surface area contributed by atoms with Gasteiger partial charge in [0.15, 0.2) is 0 Å². The number of halogens is 1. The molecule has 1 aromatic carbocycles. The van der Waals surface area contributed by atoms with Crippen molar-refractivity contribution in [3.05, 3.63) is 29.3 Å². The second-order valence-corrected chi connectivity index (χ2v) is 7.68. The van der Waals surface area contributed by atoms with Gasteiger partial charge in [-0.15, -0.1) is 0 Å². The Balaban J connectivity index is 1.75. The van der Waals surface area contributed by atoms with Gasteiger partial charge in [-0.3, -0.25) is 0 Å². The molecule has 2 saturated carbocycles. The van der Waals surface area contributed by atoms with Crippen LogP contribution in [-0.4, -0.2) is 22.5 Å². The summed E-state index contributed by atoms with van der Waals surface area (Å²) < 4.78 is 14.9. The quantitative estimate of drug-likeness (QED) is 0.767. The minimum absolute atomic E-state index is 0.0398. The van der Waals surface area contributed by atoms with E-state index in [1.54, 1.807) is 12.1 Å². The first-order chi connectivity index (χ1) is 9.98. The summed E-state index contributed by atoms with van der Waals surface area (Å²) in [5.41, 5.74) is 2.32. The van der Waals surface area contributed by atoms with Gasteiger partial charge in [0.2, 0.25) is 0 Å². The van der Waals surface area contributed by atoms with E-state index in [1.807, 2.05) is 6.07 Å². The van der Waals surface area contributed by atoms with Gasteiger partial charge in [-0.25, -0.2) is 4.39 Å². The highest BCUT2D eigenvalue weighted by molar-refractivity contribution is 5.41. The molecular formula is C18H23FO2. The van der Waals surface area contributed by atoms with E-state index in [4.69, 9.17) is 0 Å². The third-order valence-electron chi connectivity index (χ3n) is 6.44. The molecule has 0 spiro atoms. The number of fused-ring (bicyclic) bond motifs is 5. The average molecular weight is 290 g/mol. The van der Waals surface area contributed by atoms with Gasteiger partial charge in [0, 0.05) is 12.3 Å². The standard InChI is InChI=1S/C18H23FO2/c1-18-5-4-14-13-3-2-11(20)6-10(13)7-16(19)17(14)15(18)8-12(21)9-18/h2-3,6,12,14-17,20-21H,4-5,7-9H2,1H3/t12-,14?,15?,16?,17?,18-/m1/s1. The van der Waals surface area contributed by atoms with E-state index >= 15 is 0 Å². The number of phenolic OH excluding ortho intramolecular Hbond substituents is 1. The monoisotopic (exact) mass is 290 g/mol. The van der Waals surface area contributed by atoms with Crippen LogP contribution in [0.25, 0.3) is 0 Å². The maximum absolute atomic E-state index is 14.9. The Morgan fingerprint density at radius 1 is 1.33 bits per heavy atom. The maximum atomic E-state index is 14.9. The van der Waals surface area contributed by atoms with Crippen molar-refractivity contribution in [2.75, 3.05) is 0 Å². The molecule has 4 unspecified atom stereocenters. The van der Waals surface area contributed by atoms with Crippen molar-refractivity contribution in [2.45, 2.75) is 57.2 Å². The summed E-state index contributed by atoms with van der Waals surface area (Å²) in [5.74, 6) is 0.824. The van der Waals surface area contributed by atoms with Crippen molar-refractivity contribution in [2.24, 2.45) is 17.3 Å². The number of hydrogen-bond donors (Lipinski definition) is 2. The molecule has 0 aliphatic heterocycles. The first kappa shape index (κ1) is 13.6. The lowest BCUT2D eigenvalue weighted by Crippen LogP contribution is -2.45. The molecule has 0 heterocycles. The highest BCUT2D eigenvalue weighted by Gasteiger charge is 2.55. The number of phenols is 1. The molecule has 3 aliphatic carbocycles. The molecule has 0 bridgehead atoms. The molecule has 6 atom stereocenters. The molecule has 3 aliphatic rings. The largest absolute Gasteiger partial charge is 0.508 e. The number of benzene rings is 1. The Kier molecular flexibility index (Phi) is 2.88. The fourth-order valence-corrected chi connectivity index (χ4v) is 5.56. The summed E-state index contributed by atoms with van der Waals surface area (Å²) in [6.45, 7) is 2.24. The van der Waals surface area contributed by atoms with Crippen LogP contribution in [0.4, 0.5) is 4.39 Å². The van der Waals surface area contributed by atoms with Gasteiger partial charge in [-0.2, -0.15) is 0 Å². The second-order valence-electron chi connectivity index (χ2n) is 7.68. The molecule has 1 aromatic rings. The predicted octanol–water partition coefficient (Wildman–Crippen LogP) is 3.56. The minimum Gasteiger partial charge on any atom is -0.508 e. The van der Waals surface area contributed by atoms with Crippen molar-refractivity contribution >= 4 is 0 Å². The summed E-state index contributed by atoms with van der Waals surface area (Å²) in [7, 11) is 0. The molecule has 3 heteroatoms. The van der Waals surface area contributed by atoms with Gasteiger partial charge < -0.3 is 10.2 Å². The topological polar surface area (TPSA) is 40.5 Å². The second kappa shape index (κ2) is 4.45. The SMILES string of the molecule is C[C@]12CCC3c4ccc(O)cc4CC(F)C3C1C[C@@H](O)C2. The summed E-state index contributed by atoms with van der Waals surface area (Å²) in [5, 5.41) is 19.7. The van der Waals surface area contributed by atoms with Gasteiger partial charge in [-0.1, -0.05) is 13.0 Å². The van der Waals surface area contributed by atoms with Crippen molar-refractivity contribution in [3.8, 4) is 5.75 Å². The molecule has 21 heavy (non-hydrogen) atoms. The van der Waals surface area contributed by atoms with Crippen LogP contribution in [0.2, 0.25) is 0 Å². The molecule has 4 rings (SSSR count). The first-order valence-electron chi connectivity index (χ1n) is 8.12. The summed E-state index contributed by atoms with van der Waals surface area (Å²) >= 11 is 0. The van der Waals surface area contributed by atoms with Crippen LogP contribution in [0.1, 0.15) is 49.7 Å². The van der Waals surface area contributed by atoms with E-state index < -0.39 is 6.17 Å². The smallest absolute Gasteiger partial charge is 0.115 e. The number of alkyl halides is 1. The lowest BCUT2D eigenvalue weighted by Gasteiger charge is -2.50. The van der Waals surface area contributed by atoms with Crippen molar-refractivity contribution in [1.29, 1.82) is 0 Å². The molecular weight excluding hydrogens is 267 g/mol. The van der Waals surface area contributed by atoms with Crippen LogP contribution in [-0.2, 0) is 6.42 Å². The van der Waals surface area contributed by atoms with Crippen LogP contribution in [0, 0.1) is 17.3 Å². The minimum atomic E-state index is -0.848. The lowest BCUT2D eigenvalue weighted by molar-refractivity contribution is 0.0115. The van der Waals surface area contributed by atoms with E-state index in [0.717, 1.165) is 31.2 Å². The van der Waals surface area contributed by atoms with Crippen molar-refractivity contribution < 1.29 is 14.6 Å². The number of aromatic hydroxyl groups is 1. The predicted molar refractivity (Wildman–Crippen MR) is 79.0 cm³/mol. The molecule has 0 radical (unpaired) electrons. The molecule has 2 nitrogen and oxygen atoms in total. The molecule has 0 amide bonds. The fourth-order valence-electron chi connectivity index (χ4n) is 5.56. The van der Waals surface area contributed by atoms with Crippen LogP contribution in [0.5, 0.6) is 5.75 Å². The lowest BCUT2D eigenvalue weighted by atomic mass is 9.55. The zero-order valence-corrected chi connectivity index (χ0v) is 12.4. The Hall–Kier alpha value is -1.09. The Bertz CT molecular complexity index is 572. The van der Waals surface area contributed by atoms with Crippen LogP contribution in [0.15, 0.2) is 18.2 Å². The van der Waals surface area contributed by atoms with Gasteiger partial charge in [0.1, 0.15) is 11.9 Å². The summed E-state index contributed by atoms with van der Waals surface area (Å²) in [4.78, 5) is 0. The third-order valence-corrected chi connectivity index (χ3v) is 6.44. The van der Waals surface area contributed by atoms with E-state index in [2.05, 4.69) is 6.92 Å². The number of aliphatic hydroxyl groups excluding tert-OH is 1. The third kappa shape index (κ3) is 1.93. The van der Waals surface area contributed by atoms with Crippen LogP contribution in [0.3, 0.4) is 0 Å². The van der Waals surface area contributed by atoms with Crippen molar-refractivity contribution in [1.82, 2.24) is 0 Å². The van der Waals surface area contributed by atoms with E-state index in [0.29, 0.717) is 12.3 Å². The average Bonchev–Trinajstić information content (AvgIpc) is 2.72. The highest BCUT2D eigenvalue weighted by atomic mass is 19.1. The van der Waals surface area contributed by atoms with Gasteiger partial charge in [-0.05, 0) is 66.2 Å². The molecule has 0 saturated heterocycles. The van der Waals surface area contributed by atoms with E-state index in [1.165, 1.54) is 5.56 Å². The van der Waals surface area contributed by atoms with E-state index in [9.17, 15) is 14.6 Å². The number of hydrogen-bond acceptors (Lipinski definition) is 2. The van der Waals surface area contributed by atoms with E-state index in [-0.39, 0.29) is 29.1 Å². The number of aliphatic hydroxyl groups is 1. The molecule has 0 aromatic heterocycles. The highest BCUT2D eigenvalue weighted by Crippen LogP contribution is 2.61. The van der Waals surface area contributed by atoms with Gasteiger partial charge >= 0.3 is 0 Å². The van der Waals surface area contributed by atoms with Crippen molar-refractivity contribution in [3.63, 3.8) is 0 Å². The zero-order chi connectivity index (χ0) is 14.8. The van der Waals surface area contributed by atoms with Crippen LogP contribution < -0.4 is 0 Å². The summed E-state index contributed by atoms with van der Waals surface area (Å²) in [6.07, 6.45) is 2.96. The summed E-state index contributed by atoms with van der Waals surface area (Å²) in [6, 6.07) is 5.45. The zero-order valence-electron chi connectivity index (χ0n) is 12.4. The molecule has 2 fully saturated rings. The first-order valence-corrected chi connectivity index (χ1v) is 8.12. The number of rotatable bonds is 0. The Morgan fingerprint density at radius 3 is 2.95 bits per heavy atom.